The van der Waals surface area contributed by atoms with Crippen molar-refractivity contribution in [3.05, 3.63) is 11.6 Å². The van der Waals surface area contributed by atoms with Gasteiger partial charge in [-0.05, 0) is 61.3 Å². The Balaban J connectivity index is 1.92. The van der Waals surface area contributed by atoms with E-state index in [0.29, 0.717) is 5.41 Å². The summed E-state index contributed by atoms with van der Waals surface area (Å²) in [5, 5.41) is 0. The number of hydrogen-bond acceptors (Lipinski definition) is 1. The third kappa shape index (κ3) is 1.77. The van der Waals surface area contributed by atoms with E-state index < -0.39 is 0 Å². The Bertz CT molecular complexity index is 290. The van der Waals surface area contributed by atoms with Gasteiger partial charge < -0.3 is 0 Å². The molecule has 0 aromatic rings. The van der Waals surface area contributed by atoms with Crippen LogP contribution in [0.25, 0.3) is 0 Å². The molecule has 3 atom stereocenters. The average molecular weight is 206 g/mol. The van der Waals surface area contributed by atoms with E-state index in [2.05, 4.69) is 19.9 Å². The first-order valence-corrected chi connectivity index (χ1v) is 6.22. The molecule has 2 aliphatic carbocycles. The van der Waals surface area contributed by atoms with Crippen molar-refractivity contribution in [3.8, 4) is 0 Å². The van der Waals surface area contributed by atoms with Crippen LogP contribution in [0.4, 0.5) is 0 Å². The highest BCUT2D eigenvalue weighted by Gasteiger charge is 2.61. The van der Waals surface area contributed by atoms with Crippen molar-refractivity contribution in [3.63, 3.8) is 0 Å². The molecule has 2 aliphatic rings. The predicted molar refractivity (Wildman–Crippen MR) is 62.5 cm³/mol. The van der Waals surface area contributed by atoms with E-state index in [1.165, 1.54) is 19.3 Å². The summed E-state index contributed by atoms with van der Waals surface area (Å²) in [6, 6.07) is 0. The lowest BCUT2D eigenvalue weighted by Gasteiger charge is -2.15. The highest BCUT2D eigenvalue weighted by Crippen LogP contribution is 2.70. The van der Waals surface area contributed by atoms with E-state index in [-0.39, 0.29) is 0 Å². The minimum absolute atomic E-state index is 0.702. The second-order valence-electron chi connectivity index (χ2n) is 5.80. The Morgan fingerprint density at radius 1 is 1.53 bits per heavy atom. The van der Waals surface area contributed by atoms with Gasteiger partial charge in [-0.1, -0.05) is 19.9 Å². The van der Waals surface area contributed by atoms with Crippen LogP contribution < -0.4 is 0 Å². The molecule has 0 spiro atoms. The van der Waals surface area contributed by atoms with Gasteiger partial charge in [0, 0.05) is 0 Å². The van der Waals surface area contributed by atoms with Crippen molar-refractivity contribution in [1.29, 1.82) is 0 Å². The molecule has 0 heterocycles. The third-order valence-corrected chi connectivity index (χ3v) is 4.81. The maximum Gasteiger partial charge on any atom is 0.145 e. The quantitative estimate of drug-likeness (QED) is 0.507. The Labute approximate surface area is 92.9 Å². The molecule has 0 N–H and O–H groups in total. The fourth-order valence-electron chi connectivity index (χ4n) is 3.55. The molecule has 15 heavy (non-hydrogen) atoms. The van der Waals surface area contributed by atoms with Crippen molar-refractivity contribution in [2.24, 2.45) is 23.2 Å². The van der Waals surface area contributed by atoms with Gasteiger partial charge in [-0.15, -0.1) is 0 Å². The van der Waals surface area contributed by atoms with Crippen LogP contribution in [0.2, 0.25) is 0 Å². The van der Waals surface area contributed by atoms with Gasteiger partial charge in [0.1, 0.15) is 6.29 Å². The van der Waals surface area contributed by atoms with Crippen LogP contribution in [0.3, 0.4) is 0 Å². The Hall–Kier alpha value is -0.590. The Morgan fingerprint density at radius 3 is 2.73 bits per heavy atom. The van der Waals surface area contributed by atoms with Crippen molar-refractivity contribution >= 4 is 6.29 Å². The Morgan fingerprint density at radius 2 is 2.27 bits per heavy atom. The van der Waals surface area contributed by atoms with Crippen molar-refractivity contribution in [1.82, 2.24) is 0 Å². The van der Waals surface area contributed by atoms with E-state index in [9.17, 15) is 4.79 Å². The molecular formula is C14H22O. The second-order valence-corrected chi connectivity index (χ2v) is 5.80. The first-order chi connectivity index (χ1) is 7.10. The molecule has 0 amide bonds. The highest BCUT2D eigenvalue weighted by atomic mass is 16.1. The van der Waals surface area contributed by atoms with Gasteiger partial charge in [0.05, 0.1) is 0 Å². The molecule has 3 unspecified atom stereocenters. The molecule has 0 bridgehead atoms. The molecule has 1 nitrogen and oxygen atoms in total. The zero-order valence-corrected chi connectivity index (χ0v) is 10.1. The van der Waals surface area contributed by atoms with Gasteiger partial charge >= 0.3 is 0 Å². The number of allylic oxidation sites excluding steroid dienone is 2. The topological polar surface area (TPSA) is 17.1 Å². The van der Waals surface area contributed by atoms with Crippen molar-refractivity contribution < 1.29 is 4.79 Å². The molecule has 1 heteroatoms. The molecule has 0 radical (unpaired) electrons. The molecule has 2 rings (SSSR count). The average Bonchev–Trinajstić information content (AvgIpc) is 2.86. The van der Waals surface area contributed by atoms with Crippen LogP contribution >= 0.6 is 0 Å². The number of hydrogen-bond donors (Lipinski definition) is 0. The minimum atomic E-state index is 0.702. The monoisotopic (exact) mass is 206 g/mol. The SMILES string of the molecule is CC(C=O)=CCC1CCC2(C(C)C)CC12. The summed E-state index contributed by atoms with van der Waals surface area (Å²) in [5.41, 5.74) is 1.60. The number of aldehydes is 1. The van der Waals surface area contributed by atoms with Gasteiger partial charge in [-0.25, -0.2) is 0 Å². The minimum Gasteiger partial charge on any atom is -0.298 e. The lowest BCUT2D eigenvalue weighted by Crippen LogP contribution is -2.07. The van der Waals surface area contributed by atoms with E-state index in [1.807, 2.05) is 6.92 Å². The van der Waals surface area contributed by atoms with Crippen molar-refractivity contribution in [2.75, 3.05) is 0 Å². The molecule has 84 valence electrons. The largest absolute Gasteiger partial charge is 0.298 e. The molecule has 0 aliphatic heterocycles. The number of carbonyl (C=O) groups excluding carboxylic acids is 1. The lowest BCUT2D eigenvalue weighted by atomic mass is 9.90. The number of fused-ring (bicyclic) bond motifs is 1. The predicted octanol–water partition coefficient (Wildman–Crippen LogP) is 3.59. The summed E-state index contributed by atoms with van der Waals surface area (Å²) in [6.45, 7) is 6.65. The van der Waals surface area contributed by atoms with Crippen LogP contribution in [-0.4, -0.2) is 6.29 Å². The van der Waals surface area contributed by atoms with Gasteiger partial charge in [-0.2, -0.15) is 0 Å². The van der Waals surface area contributed by atoms with Crippen LogP contribution in [0, 0.1) is 23.2 Å². The molecule has 2 saturated carbocycles. The zero-order chi connectivity index (χ0) is 11.1. The maximum atomic E-state index is 10.5. The smallest absolute Gasteiger partial charge is 0.145 e. The Kier molecular flexibility index (Phi) is 2.74. The van der Waals surface area contributed by atoms with Gasteiger partial charge in [0.25, 0.3) is 0 Å². The summed E-state index contributed by atoms with van der Waals surface area (Å²) in [4.78, 5) is 10.5. The van der Waals surface area contributed by atoms with Crippen molar-refractivity contribution in [2.45, 2.75) is 46.5 Å². The standard InChI is InChI=1S/C14H22O/c1-10(2)14-7-6-12(13(14)8-14)5-4-11(3)9-15/h4,9-10,12-13H,5-8H2,1-3H3. The van der Waals surface area contributed by atoms with E-state index in [4.69, 9.17) is 0 Å². The summed E-state index contributed by atoms with van der Waals surface area (Å²) in [5.74, 6) is 2.68. The second kappa shape index (κ2) is 3.77. The summed E-state index contributed by atoms with van der Waals surface area (Å²) >= 11 is 0. The lowest BCUT2D eigenvalue weighted by molar-refractivity contribution is -0.104. The first kappa shape index (κ1) is 10.9. The normalized spacial score (nSPS) is 39.3. The third-order valence-electron chi connectivity index (χ3n) is 4.81. The fourth-order valence-corrected chi connectivity index (χ4v) is 3.55. The van der Waals surface area contributed by atoms with Gasteiger partial charge in [0.2, 0.25) is 0 Å². The van der Waals surface area contributed by atoms with E-state index in [1.54, 1.807) is 0 Å². The fraction of sp³-hybridized carbons (Fsp3) is 0.786. The zero-order valence-electron chi connectivity index (χ0n) is 10.1. The van der Waals surface area contributed by atoms with Crippen LogP contribution in [0.5, 0.6) is 0 Å². The summed E-state index contributed by atoms with van der Waals surface area (Å²) in [6.07, 6.45) is 8.48. The maximum absolute atomic E-state index is 10.5. The molecule has 0 aromatic carbocycles. The number of carbonyl (C=O) groups is 1. The molecule has 2 fully saturated rings. The van der Waals surface area contributed by atoms with Crippen LogP contribution in [0.15, 0.2) is 11.6 Å². The van der Waals surface area contributed by atoms with Gasteiger partial charge in [0.15, 0.2) is 0 Å². The highest BCUT2D eigenvalue weighted by molar-refractivity contribution is 5.71. The van der Waals surface area contributed by atoms with E-state index >= 15 is 0 Å². The van der Waals surface area contributed by atoms with E-state index in [0.717, 1.165) is 36.0 Å². The first-order valence-electron chi connectivity index (χ1n) is 6.22. The number of rotatable bonds is 4. The molecule has 0 saturated heterocycles. The van der Waals surface area contributed by atoms with Crippen LogP contribution in [0.1, 0.15) is 46.5 Å². The summed E-state index contributed by atoms with van der Waals surface area (Å²) < 4.78 is 0. The molecule has 0 aromatic heterocycles. The summed E-state index contributed by atoms with van der Waals surface area (Å²) in [7, 11) is 0. The van der Waals surface area contributed by atoms with Gasteiger partial charge in [-0.3, -0.25) is 4.79 Å². The van der Waals surface area contributed by atoms with Crippen LogP contribution in [-0.2, 0) is 4.79 Å². The molecular weight excluding hydrogens is 184 g/mol.